The second-order valence-electron chi connectivity index (χ2n) is 2.96. The summed E-state index contributed by atoms with van der Waals surface area (Å²) in [6.07, 6.45) is 5.53. The molecule has 12 heavy (non-hydrogen) atoms. The van der Waals surface area contributed by atoms with Crippen molar-refractivity contribution >= 4 is 5.97 Å². The van der Waals surface area contributed by atoms with Crippen LogP contribution in [-0.2, 0) is 4.79 Å². The highest BCUT2D eigenvalue weighted by Crippen LogP contribution is 2.46. The van der Waals surface area contributed by atoms with Crippen LogP contribution in [0.5, 0.6) is 0 Å². The highest BCUT2D eigenvalue weighted by atomic mass is 16.4. The average molecular weight is 164 g/mol. The van der Waals surface area contributed by atoms with Crippen LogP contribution < -0.4 is 0 Å². The molecule has 4 nitrogen and oxygen atoms in total. The summed E-state index contributed by atoms with van der Waals surface area (Å²) in [6.45, 7) is 0. The average Bonchev–Trinajstić information content (AvgIpc) is 2.84. The van der Waals surface area contributed by atoms with E-state index in [0.717, 1.165) is 12.0 Å². The molecule has 0 aliphatic heterocycles. The summed E-state index contributed by atoms with van der Waals surface area (Å²) >= 11 is 0. The van der Waals surface area contributed by atoms with Gasteiger partial charge in [0.05, 0.1) is 5.92 Å². The minimum atomic E-state index is -0.719. The molecule has 0 unspecified atom stereocenters. The minimum absolute atomic E-state index is 0.142. The maximum Gasteiger partial charge on any atom is 0.307 e. The van der Waals surface area contributed by atoms with Gasteiger partial charge in [0, 0.05) is 18.3 Å². The molecular formula is C8H8N2O2. The van der Waals surface area contributed by atoms with Crippen molar-refractivity contribution in [1.29, 1.82) is 0 Å². The lowest BCUT2D eigenvalue weighted by Gasteiger charge is -1.93. The van der Waals surface area contributed by atoms with E-state index in [9.17, 15) is 4.79 Å². The summed E-state index contributed by atoms with van der Waals surface area (Å²) in [6, 6.07) is 0. The third-order valence-corrected chi connectivity index (χ3v) is 2.12. The van der Waals surface area contributed by atoms with Gasteiger partial charge in [-0.25, -0.2) is 9.97 Å². The van der Waals surface area contributed by atoms with Crippen LogP contribution in [0.25, 0.3) is 0 Å². The Balaban J connectivity index is 2.11. The van der Waals surface area contributed by atoms with Crippen molar-refractivity contribution in [1.82, 2.24) is 9.97 Å². The molecule has 1 aliphatic rings. The molecule has 62 valence electrons. The van der Waals surface area contributed by atoms with Crippen LogP contribution >= 0.6 is 0 Å². The number of hydrogen-bond acceptors (Lipinski definition) is 3. The Morgan fingerprint density at radius 3 is 2.67 bits per heavy atom. The van der Waals surface area contributed by atoms with Gasteiger partial charge in [-0.2, -0.15) is 0 Å². The molecule has 1 N–H and O–H groups in total. The van der Waals surface area contributed by atoms with Gasteiger partial charge in [-0.1, -0.05) is 0 Å². The van der Waals surface area contributed by atoms with Gasteiger partial charge in [0.1, 0.15) is 6.33 Å². The first kappa shape index (κ1) is 7.21. The van der Waals surface area contributed by atoms with E-state index in [4.69, 9.17) is 5.11 Å². The van der Waals surface area contributed by atoms with Gasteiger partial charge >= 0.3 is 5.97 Å². The lowest BCUT2D eigenvalue weighted by Crippen LogP contribution is -1.99. The molecule has 0 spiro atoms. The van der Waals surface area contributed by atoms with Crippen LogP contribution in [-0.4, -0.2) is 21.0 Å². The molecule has 1 aromatic rings. The predicted molar refractivity (Wildman–Crippen MR) is 40.5 cm³/mol. The van der Waals surface area contributed by atoms with Gasteiger partial charge in [-0.05, 0) is 12.0 Å². The zero-order valence-corrected chi connectivity index (χ0v) is 6.34. The molecule has 1 aliphatic carbocycles. The third kappa shape index (κ3) is 1.15. The Labute approximate surface area is 69.3 Å². The molecule has 0 bridgehead atoms. The SMILES string of the molecule is O=C(O)[C@@H]1C[C@@H]1c1cncnc1. The lowest BCUT2D eigenvalue weighted by molar-refractivity contribution is -0.138. The number of rotatable bonds is 2. The highest BCUT2D eigenvalue weighted by Gasteiger charge is 2.44. The van der Waals surface area contributed by atoms with E-state index >= 15 is 0 Å². The molecule has 1 aromatic heterocycles. The number of aromatic nitrogens is 2. The largest absolute Gasteiger partial charge is 0.481 e. The quantitative estimate of drug-likeness (QED) is 0.697. The molecule has 4 heteroatoms. The summed E-state index contributed by atoms with van der Waals surface area (Å²) in [5.74, 6) is -0.788. The van der Waals surface area contributed by atoms with E-state index in [1.165, 1.54) is 6.33 Å². The summed E-state index contributed by atoms with van der Waals surface area (Å²) in [5.41, 5.74) is 0.935. The molecule has 1 fully saturated rings. The van der Waals surface area contributed by atoms with Gasteiger partial charge in [-0.3, -0.25) is 4.79 Å². The summed E-state index contributed by atoms with van der Waals surface area (Å²) in [7, 11) is 0. The van der Waals surface area contributed by atoms with Gasteiger partial charge in [-0.15, -0.1) is 0 Å². The van der Waals surface area contributed by atoms with E-state index < -0.39 is 5.97 Å². The fourth-order valence-electron chi connectivity index (χ4n) is 1.34. The Morgan fingerprint density at radius 1 is 1.50 bits per heavy atom. The fraction of sp³-hybridized carbons (Fsp3) is 0.375. The summed E-state index contributed by atoms with van der Waals surface area (Å²) in [4.78, 5) is 18.2. The zero-order chi connectivity index (χ0) is 8.55. The molecular weight excluding hydrogens is 156 g/mol. The lowest BCUT2D eigenvalue weighted by atomic mass is 10.2. The Bertz CT molecular complexity index is 299. The first-order chi connectivity index (χ1) is 5.79. The second kappa shape index (κ2) is 2.55. The first-order valence-electron chi connectivity index (χ1n) is 3.77. The maximum absolute atomic E-state index is 10.5. The Hall–Kier alpha value is -1.45. The molecule has 0 saturated heterocycles. The van der Waals surface area contributed by atoms with Crippen LogP contribution in [0.15, 0.2) is 18.7 Å². The monoisotopic (exact) mass is 164 g/mol. The summed E-state index contributed by atoms with van der Waals surface area (Å²) in [5, 5.41) is 8.64. The minimum Gasteiger partial charge on any atom is -0.481 e. The summed E-state index contributed by atoms with van der Waals surface area (Å²) < 4.78 is 0. The van der Waals surface area contributed by atoms with Crippen LogP contribution in [0.4, 0.5) is 0 Å². The Kier molecular flexibility index (Phi) is 1.53. The van der Waals surface area contributed by atoms with Crippen molar-refractivity contribution < 1.29 is 9.90 Å². The van der Waals surface area contributed by atoms with Gasteiger partial charge in [0.15, 0.2) is 0 Å². The van der Waals surface area contributed by atoms with E-state index in [0.29, 0.717) is 0 Å². The number of carboxylic acids is 1. The molecule has 2 atom stereocenters. The molecule has 1 heterocycles. The highest BCUT2D eigenvalue weighted by molar-refractivity contribution is 5.75. The third-order valence-electron chi connectivity index (χ3n) is 2.12. The van der Waals surface area contributed by atoms with E-state index in [1.807, 2.05) is 0 Å². The van der Waals surface area contributed by atoms with Crippen molar-refractivity contribution in [3.05, 3.63) is 24.3 Å². The van der Waals surface area contributed by atoms with Crippen LogP contribution in [0.1, 0.15) is 17.9 Å². The van der Waals surface area contributed by atoms with Crippen LogP contribution in [0.3, 0.4) is 0 Å². The van der Waals surface area contributed by atoms with Gasteiger partial charge in [0.2, 0.25) is 0 Å². The van der Waals surface area contributed by atoms with Gasteiger partial charge in [0.25, 0.3) is 0 Å². The van der Waals surface area contributed by atoms with Crippen molar-refractivity contribution in [3.8, 4) is 0 Å². The molecule has 0 radical (unpaired) electrons. The van der Waals surface area contributed by atoms with E-state index in [-0.39, 0.29) is 11.8 Å². The van der Waals surface area contributed by atoms with E-state index in [2.05, 4.69) is 9.97 Å². The van der Waals surface area contributed by atoms with Crippen molar-refractivity contribution in [3.63, 3.8) is 0 Å². The van der Waals surface area contributed by atoms with E-state index in [1.54, 1.807) is 12.4 Å². The number of carbonyl (C=O) groups is 1. The number of aliphatic carboxylic acids is 1. The maximum atomic E-state index is 10.5. The normalized spacial score (nSPS) is 26.7. The van der Waals surface area contributed by atoms with Crippen molar-refractivity contribution in [2.75, 3.05) is 0 Å². The van der Waals surface area contributed by atoms with Crippen molar-refractivity contribution in [2.45, 2.75) is 12.3 Å². The van der Waals surface area contributed by atoms with Crippen molar-refractivity contribution in [2.24, 2.45) is 5.92 Å². The van der Waals surface area contributed by atoms with Crippen LogP contribution in [0, 0.1) is 5.92 Å². The molecule has 0 aromatic carbocycles. The molecule has 2 rings (SSSR count). The Morgan fingerprint density at radius 2 is 2.17 bits per heavy atom. The van der Waals surface area contributed by atoms with Gasteiger partial charge < -0.3 is 5.11 Å². The fourth-order valence-corrected chi connectivity index (χ4v) is 1.34. The second-order valence-corrected chi connectivity index (χ2v) is 2.96. The van der Waals surface area contributed by atoms with Crippen LogP contribution in [0.2, 0.25) is 0 Å². The molecule has 0 amide bonds. The number of nitrogens with zero attached hydrogens (tertiary/aromatic N) is 2. The first-order valence-corrected chi connectivity index (χ1v) is 3.77. The number of carboxylic acid groups (broad SMARTS) is 1. The molecule has 1 saturated carbocycles. The topological polar surface area (TPSA) is 63.1 Å². The number of hydrogen-bond donors (Lipinski definition) is 1. The predicted octanol–water partition coefficient (Wildman–Crippen LogP) is 0.665. The standard InChI is InChI=1S/C8H8N2O2/c11-8(12)7-1-6(7)5-2-9-4-10-3-5/h2-4,6-7H,1H2,(H,11,12)/t6-,7-/m1/s1. The smallest absolute Gasteiger partial charge is 0.307 e. The zero-order valence-electron chi connectivity index (χ0n) is 6.34.